The van der Waals surface area contributed by atoms with E-state index in [0.717, 1.165) is 45.6 Å². The van der Waals surface area contributed by atoms with E-state index < -0.39 is 0 Å². The minimum absolute atomic E-state index is 0.162. The molecule has 1 amide bonds. The van der Waals surface area contributed by atoms with Crippen LogP contribution in [0.5, 0.6) is 0 Å². The molecule has 1 saturated heterocycles. The summed E-state index contributed by atoms with van der Waals surface area (Å²) in [4.78, 5) is 26.4. The van der Waals surface area contributed by atoms with Gasteiger partial charge in [-0.1, -0.05) is 23.9 Å². The number of benzene rings is 3. The largest absolute Gasteiger partial charge is 0.372 e. The van der Waals surface area contributed by atoms with Crippen molar-refractivity contribution in [2.45, 2.75) is 25.7 Å². The lowest BCUT2D eigenvalue weighted by Gasteiger charge is -2.22. The van der Waals surface area contributed by atoms with Crippen molar-refractivity contribution in [2.75, 3.05) is 34.8 Å². The molecule has 0 bridgehead atoms. The number of hydrogen-bond donors (Lipinski definition) is 0. The fourth-order valence-corrected chi connectivity index (χ4v) is 6.69. The van der Waals surface area contributed by atoms with Gasteiger partial charge in [0, 0.05) is 30.7 Å². The zero-order valence-corrected chi connectivity index (χ0v) is 22.3. The van der Waals surface area contributed by atoms with Gasteiger partial charge in [0.2, 0.25) is 0 Å². The minimum Gasteiger partial charge on any atom is -0.372 e. The number of amidine groups is 1. The van der Waals surface area contributed by atoms with E-state index in [0.29, 0.717) is 15.8 Å². The molecule has 1 fully saturated rings. The van der Waals surface area contributed by atoms with Gasteiger partial charge in [0.25, 0.3) is 5.91 Å². The zero-order valence-electron chi connectivity index (χ0n) is 20.7. The molecule has 0 aromatic heterocycles. The molecule has 36 heavy (non-hydrogen) atoms. The molecule has 3 aromatic rings. The van der Waals surface area contributed by atoms with Gasteiger partial charge in [-0.15, -0.1) is 0 Å². The van der Waals surface area contributed by atoms with Crippen molar-refractivity contribution in [3.63, 3.8) is 0 Å². The Kier molecular flexibility index (Phi) is 6.81. The van der Waals surface area contributed by atoms with Gasteiger partial charge in [0.15, 0.2) is 5.17 Å². The first-order valence-corrected chi connectivity index (χ1v) is 13.5. The van der Waals surface area contributed by atoms with Crippen LogP contribution in [0, 0.1) is 12.7 Å². The van der Waals surface area contributed by atoms with E-state index in [4.69, 9.17) is 4.99 Å². The fourth-order valence-electron chi connectivity index (χ4n) is 4.35. The summed E-state index contributed by atoms with van der Waals surface area (Å²) in [5.41, 5.74) is 4.63. The average Bonchev–Trinajstić information content (AvgIpc) is 3.38. The summed E-state index contributed by atoms with van der Waals surface area (Å²) in [6.07, 6.45) is 0. The molecular weight excluding hydrogens is 491 g/mol. The van der Waals surface area contributed by atoms with E-state index in [2.05, 4.69) is 41.8 Å². The van der Waals surface area contributed by atoms with Crippen LogP contribution in [0.4, 0.5) is 27.1 Å². The molecule has 0 spiro atoms. The molecule has 8 heteroatoms. The maximum Gasteiger partial charge on any atom is 0.274 e. The third-order valence-corrected chi connectivity index (χ3v) is 8.72. The molecule has 184 valence electrons. The van der Waals surface area contributed by atoms with Crippen LogP contribution < -0.4 is 14.7 Å². The van der Waals surface area contributed by atoms with Gasteiger partial charge in [-0.3, -0.25) is 9.69 Å². The van der Waals surface area contributed by atoms with Crippen molar-refractivity contribution in [1.29, 1.82) is 0 Å². The Morgan fingerprint density at radius 2 is 1.69 bits per heavy atom. The number of fused-ring (bicyclic) bond motifs is 1. The Labute approximate surface area is 219 Å². The number of aliphatic imine (C=N–C) groups is 1. The third kappa shape index (κ3) is 4.40. The maximum absolute atomic E-state index is 13.8. The number of hydrogen-bond acceptors (Lipinski definition) is 6. The first kappa shape index (κ1) is 24.5. The monoisotopic (exact) mass is 518 g/mol. The van der Waals surface area contributed by atoms with Crippen molar-refractivity contribution in [2.24, 2.45) is 4.99 Å². The Bertz CT molecular complexity index is 1380. The van der Waals surface area contributed by atoms with E-state index in [9.17, 15) is 9.18 Å². The quantitative estimate of drug-likeness (QED) is 0.335. The molecule has 0 aliphatic carbocycles. The predicted octanol–water partition coefficient (Wildman–Crippen LogP) is 7.16. The van der Waals surface area contributed by atoms with Crippen molar-refractivity contribution in [1.82, 2.24) is 0 Å². The summed E-state index contributed by atoms with van der Waals surface area (Å²) >= 11 is 2.94. The fraction of sp³-hybridized carbons (Fsp3) is 0.214. The summed E-state index contributed by atoms with van der Waals surface area (Å²) in [5.74, 6) is -0.510. The topological polar surface area (TPSA) is 39.1 Å². The Hall–Kier alpha value is -3.23. The number of carbonyl (C=O) groups excluding carboxylic acids is 1. The normalized spacial score (nSPS) is 18.4. The molecule has 0 N–H and O–H groups in total. The number of carbonyl (C=O) groups is 1. The standard InChI is InChI=1S/C28H27FN4OS2/c1-5-32(6-2)21-15-16-22(18(3)17-21)30-28-33(20-13-11-19(29)12-14-20)26(34)25(36-28)27-31(4)23-9-7-8-10-24(23)35-27/h7-17H,5-6H2,1-4H3. The lowest BCUT2D eigenvalue weighted by Crippen LogP contribution is -2.29. The number of para-hydroxylation sites is 1. The first-order chi connectivity index (χ1) is 17.4. The molecule has 0 radical (unpaired) electrons. The van der Waals surface area contributed by atoms with Gasteiger partial charge in [-0.05, 0) is 92.7 Å². The maximum atomic E-state index is 13.8. The number of amides is 1. The highest BCUT2D eigenvalue weighted by atomic mass is 32.2. The highest BCUT2D eigenvalue weighted by molar-refractivity contribution is 8.20. The van der Waals surface area contributed by atoms with Crippen molar-refractivity contribution < 1.29 is 9.18 Å². The lowest BCUT2D eigenvalue weighted by atomic mass is 10.1. The summed E-state index contributed by atoms with van der Waals surface area (Å²) in [5, 5.41) is 1.43. The summed E-state index contributed by atoms with van der Waals surface area (Å²) in [7, 11) is 1.97. The number of halogens is 1. The first-order valence-electron chi connectivity index (χ1n) is 11.9. The molecule has 2 heterocycles. The molecule has 0 unspecified atom stereocenters. The zero-order chi connectivity index (χ0) is 25.4. The van der Waals surface area contributed by atoms with E-state index in [1.165, 1.54) is 23.9 Å². The van der Waals surface area contributed by atoms with Crippen LogP contribution in [-0.2, 0) is 4.79 Å². The predicted molar refractivity (Wildman–Crippen MR) is 151 cm³/mol. The van der Waals surface area contributed by atoms with Crippen LogP contribution in [0.15, 0.2) is 86.6 Å². The number of nitrogens with zero attached hydrogens (tertiary/aromatic N) is 4. The molecule has 5 rings (SSSR count). The second kappa shape index (κ2) is 10.0. The molecule has 5 nitrogen and oxygen atoms in total. The Morgan fingerprint density at radius 1 is 0.972 bits per heavy atom. The molecule has 2 aliphatic heterocycles. The number of thioether (sulfide) groups is 2. The summed E-state index contributed by atoms with van der Waals surface area (Å²) in [6.45, 7) is 8.17. The van der Waals surface area contributed by atoms with E-state index >= 15 is 0 Å². The van der Waals surface area contributed by atoms with Crippen LogP contribution in [-0.4, -0.2) is 31.2 Å². The average molecular weight is 519 g/mol. The molecule has 2 aliphatic rings. The molecule has 3 aromatic carbocycles. The van der Waals surface area contributed by atoms with Crippen molar-refractivity contribution >= 4 is 57.3 Å². The van der Waals surface area contributed by atoms with Gasteiger partial charge in [0.1, 0.15) is 10.7 Å². The number of anilines is 3. The smallest absolute Gasteiger partial charge is 0.274 e. The van der Waals surface area contributed by atoms with Gasteiger partial charge in [0.05, 0.1) is 22.1 Å². The Balaban J connectivity index is 1.58. The van der Waals surface area contributed by atoms with Crippen LogP contribution in [0.25, 0.3) is 0 Å². The SMILES string of the molecule is CCN(CC)c1ccc(N=C2SC(=C3Sc4ccccc4N3C)C(=O)N2c2ccc(F)cc2)c(C)c1. The minimum atomic E-state index is -0.348. The van der Waals surface area contributed by atoms with Crippen LogP contribution in [0.3, 0.4) is 0 Å². The van der Waals surface area contributed by atoms with Crippen LogP contribution in [0.1, 0.15) is 19.4 Å². The van der Waals surface area contributed by atoms with Gasteiger partial charge in [-0.2, -0.15) is 0 Å². The molecule has 0 saturated carbocycles. The molecule has 0 atom stereocenters. The van der Waals surface area contributed by atoms with Crippen molar-refractivity contribution in [3.05, 3.63) is 88.0 Å². The van der Waals surface area contributed by atoms with Crippen LogP contribution in [0.2, 0.25) is 0 Å². The number of aryl methyl sites for hydroxylation is 1. The highest BCUT2D eigenvalue weighted by Gasteiger charge is 2.40. The summed E-state index contributed by atoms with van der Waals surface area (Å²) < 4.78 is 13.7. The second-order valence-corrected chi connectivity index (χ2v) is 10.5. The van der Waals surface area contributed by atoms with E-state index in [-0.39, 0.29) is 11.7 Å². The Morgan fingerprint density at radius 3 is 2.36 bits per heavy atom. The molecular formula is C28H27FN4OS2. The van der Waals surface area contributed by atoms with Gasteiger partial charge < -0.3 is 9.80 Å². The summed E-state index contributed by atoms with van der Waals surface area (Å²) in [6, 6.07) is 20.3. The second-order valence-electron chi connectivity index (χ2n) is 8.52. The van der Waals surface area contributed by atoms with E-state index in [1.54, 1.807) is 28.8 Å². The van der Waals surface area contributed by atoms with Gasteiger partial charge >= 0.3 is 0 Å². The lowest BCUT2D eigenvalue weighted by molar-refractivity contribution is -0.113. The van der Waals surface area contributed by atoms with E-state index in [1.807, 2.05) is 38.2 Å². The van der Waals surface area contributed by atoms with Gasteiger partial charge in [-0.25, -0.2) is 9.38 Å². The third-order valence-electron chi connectivity index (χ3n) is 6.32. The van der Waals surface area contributed by atoms with Crippen LogP contribution >= 0.6 is 23.5 Å². The number of rotatable bonds is 5. The van der Waals surface area contributed by atoms with Crippen molar-refractivity contribution in [3.8, 4) is 0 Å². The highest BCUT2D eigenvalue weighted by Crippen LogP contribution is 2.50.